The zero-order valence-corrected chi connectivity index (χ0v) is 18.9. The number of nitrogens with zero attached hydrogens (tertiary/aromatic N) is 3. The van der Waals surface area contributed by atoms with E-state index in [1.54, 1.807) is 0 Å². The predicted molar refractivity (Wildman–Crippen MR) is 122 cm³/mol. The van der Waals surface area contributed by atoms with Crippen LogP contribution in [-0.2, 0) is 4.74 Å². The summed E-state index contributed by atoms with van der Waals surface area (Å²) in [5.41, 5.74) is 1.32. The molecule has 1 aliphatic carbocycles. The number of halogens is 1. The molecule has 7 nitrogen and oxygen atoms in total. The van der Waals surface area contributed by atoms with Gasteiger partial charge in [0.05, 0.1) is 31.6 Å². The van der Waals surface area contributed by atoms with Crippen LogP contribution in [0, 0.1) is 17.7 Å². The number of ether oxygens (including phenoxy) is 2. The molecule has 32 heavy (non-hydrogen) atoms. The van der Waals surface area contributed by atoms with Crippen LogP contribution in [0.5, 0.6) is 5.88 Å². The molecule has 2 N–H and O–H groups in total. The second kappa shape index (κ2) is 10.0. The molecule has 0 radical (unpaired) electrons. The van der Waals surface area contributed by atoms with Crippen molar-refractivity contribution in [1.82, 2.24) is 9.97 Å². The maximum absolute atomic E-state index is 14.2. The number of benzene rings is 1. The molecule has 0 unspecified atom stereocenters. The molecular weight excluding hydrogens is 411 g/mol. The molecule has 2 heterocycles. The quantitative estimate of drug-likeness (QED) is 0.664. The third-order valence-electron chi connectivity index (χ3n) is 6.51. The van der Waals surface area contributed by atoms with Gasteiger partial charge in [-0.25, -0.2) is 4.98 Å². The topological polar surface area (TPSA) is 79.7 Å². The molecule has 0 atom stereocenters. The highest BCUT2D eigenvalue weighted by Gasteiger charge is 2.31. The molecule has 1 aromatic carbocycles. The molecular formula is C24H33FN4O3. The Hall–Kier alpha value is -2.45. The first kappa shape index (κ1) is 22.7. The fraction of sp³-hybridized carbons (Fsp3) is 0.583. The van der Waals surface area contributed by atoms with Crippen molar-refractivity contribution in [3.8, 4) is 5.88 Å². The second-order valence-electron chi connectivity index (χ2n) is 9.30. The van der Waals surface area contributed by atoms with Crippen LogP contribution < -0.4 is 15.0 Å². The first-order chi connectivity index (χ1) is 15.4. The molecule has 1 aliphatic heterocycles. The monoisotopic (exact) mass is 444 g/mol. The number of hydrogen-bond acceptors (Lipinski definition) is 7. The lowest BCUT2D eigenvalue weighted by Crippen LogP contribution is -2.36. The molecule has 4 rings (SSSR count). The molecule has 0 spiro atoms. The Morgan fingerprint density at radius 3 is 2.50 bits per heavy atom. The molecule has 1 aromatic heterocycles. The van der Waals surface area contributed by atoms with Gasteiger partial charge in [-0.05, 0) is 75.6 Å². The first-order valence-corrected chi connectivity index (χ1v) is 11.5. The second-order valence-corrected chi connectivity index (χ2v) is 9.30. The molecule has 2 aromatic rings. The van der Waals surface area contributed by atoms with E-state index in [0.29, 0.717) is 24.4 Å². The van der Waals surface area contributed by atoms with Crippen LogP contribution in [0.2, 0.25) is 0 Å². The van der Waals surface area contributed by atoms with E-state index in [0.717, 1.165) is 69.6 Å². The average molecular weight is 445 g/mol. The number of hydrogen-bond donors (Lipinski definition) is 2. The number of nitrogens with one attached hydrogen (secondary N) is 1. The molecule has 2 fully saturated rings. The Balaban J connectivity index is 1.32. The smallest absolute Gasteiger partial charge is 0.255 e. The van der Waals surface area contributed by atoms with Crippen molar-refractivity contribution < 1.29 is 19.0 Å². The van der Waals surface area contributed by atoms with E-state index in [4.69, 9.17) is 9.47 Å². The van der Waals surface area contributed by atoms with Crippen molar-refractivity contribution in [1.29, 1.82) is 0 Å². The van der Waals surface area contributed by atoms with Gasteiger partial charge >= 0.3 is 0 Å². The van der Waals surface area contributed by atoms with Gasteiger partial charge in [-0.2, -0.15) is 9.37 Å². The summed E-state index contributed by atoms with van der Waals surface area (Å²) in [4.78, 5) is 10.6. The summed E-state index contributed by atoms with van der Waals surface area (Å²) in [7, 11) is 0. The fourth-order valence-electron chi connectivity index (χ4n) is 4.45. The Kier molecular flexibility index (Phi) is 7.10. The zero-order chi connectivity index (χ0) is 22.6. The summed E-state index contributed by atoms with van der Waals surface area (Å²) in [5.74, 6) is 0.346. The molecule has 174 valence electrons. The fourth-order valence-corrected chi connectivity index (χ4v) is 4.45. The van der Waals surface area contributed by atoms with E-state index in [1.807, 2.05) is 38.1 Å². The molecule has 8 heteroatoms. The van der Waals surface area contributed by atoms with Crippen molar-refractivity contribution in [2.75, 3.05) is 43.1 Å². The summed E-state index contributed by atoms with van der Waals surface area (Å²) in [6, 6.07) is 8.00. The van der Waals surface area contributed by atoms with Crippen molar-refractivity contribution in [2.24, 2.45) is 11.8 Å². The van der Waals surface area contributed by atoms with Crippen molar-refractivity contribution in [3.63, 3.8) is 0 Å². The molecule has 2 aliphatic rings. The van der Waals surface area contributed by atoms with Crippen LogP contribution >= 0.6 is 0 Å². The van der Waals surface area contributed by atoms with Crippen molar-refractivity contribution in [3.05, 3.63) is 36.3 Å². The van der Waals surface area contributed by atoms with E-state index < -0.39 is 11.4 Å². The van der Waals surface area contributed by atoms with Gasteiger partial charge in [0, 0.05) is 24.5 Å². The van der Waals surface area contributed by atoms with Gasteiger partial charge in [-0.3, -0.25) is 0 Å². The number of anilines is 3. The van der Waals surface area contributed by atoms with Crippen LogP contribution in [0.3, 0.4) is 0 Å². The Bertz CT molecular complexity index is 874. The molecule has 0 amide bonds. The van der Waals surface area contributed by atoms with Crippen LogP contribution in [0.1, 0.15) is 39.5 Å². The van der Waals surface area contributed by atoms with E-state index in [9.17, 15) is 9.50 Å². The number of aliphatic hydroxyl groups is 1. The Morgan fingerprint density at radius 1 is 1.16 bits per heavy atom. The minimum Gasteiger partial charge on any atom is -0.475 e. The largest absolute Gasteiger partial charge is 0.475 e. The highest BCUT2D eigenvalue weighted by atomic mass is 19.1. The molecule has 0 bridgehead atoms. The Labute approximate surface area is 189 Å². The summed E-state index contributed by atoms with van der Waals surface area (Å²) >= 11 is 0. The van der Waals surface area contributed by atoms with Gasteiger partial charge in [0.25, 0.3) is 5.88 Å². The maximum Gasteiger partial charge on any atom is 0.255 e. The first-order valence-electron chi connectivity index (χ1n) is 11.5. The maximum atomic E-state index is 14.2. The molecule has 1 saturated carbocycles. The minimum absolute atomic E-state index is 0.0305. The summed E-state index contributed by atoms with van der Waals surface area (Å²) in [6.07, 6.45) is 4.97. The summed E-state index contributed by atoms with van der Waals surface area (Å²) in [5, 5.41) is 13.3. The highest BCUT2D eigenvalue weighted by molar-refractivity contribution is 5.59. The van der Waals surface area contributed by atoms with E-state index in [1.165, 1.54) is 0 Å². The van der Waals surface area contributed by atoms with E-state index >= 15 is 0 Å². The van der Waals surface area contributed by atoms with Crippen molar-refractivity contribution in [2.45, 2.75) is 45.1 Å². The van der Waals surface area contributed by atoms with Crippen LogP contribution in [0.4, 0.5) is 21.7 Å². The van der Waals surface area contributed by atoms with Gasteiger partial charge in [-0.15, -0.1) is 0 Å². The van der Waals surface area contributed by atoms with Gasteiger partial charge in [-0.1, -0.05) is 0 Å². The minimum atomic E-state index is -0.647. The number of rotatable bonds is 7. The lowest BCUT2D eigenvalue weighted by molar-refractivity contribution is -0.00922. The summed E-state index contributed by atoms with van der Waals surface area (Å²) in [6.45, 7) is 7.41. The Morgan fingerprint density at radius 2 is 1.84 bits per heavy atom. The normalized spacial score (nSPS) is 21.9. The standard InChI is InChI=1S/C24H33FN4O3/c1-24(2,30)18-5-3-17(4-6-18)16-32-22-21(25)15-26-23(28-22)27-19-7-9-20(10-8-19)29-11-13-31-14-12-29/h7-10,15,17-18,30H,3-6,11-14,16H2,1-2H3,(H,26,27,28). The molecule has 1 saturated heterocycles. The summed E-state index contributed by atoms with van der Waals surface area (Å²) < 4.78 is 25.3. The predicted octanol–water partition coefficient (Wildman–Crippen LogP) is 4.15. The SMILES string of the molecule is CC(C)(O)C1CCC(COc2nc(Nc3ccc(N4CCOCC4)cc3)ncc2F)CC1. The van der Waals surface area contributed by atoms with Gasteiger partial charge in [0.2, 0.25) is 11.8 Å². The van der Waals surface area contributed by atoms with Gasteiger partial charge in [0.1, 0.15) is 0 Å². The lowest BCUT2D eigenvalue weighted by Gasteiger charge is -2.35. The van der Waals surface area contributed by atoms with E-state index in [-0.39, 0.29) is 5.88 Å². The van der Waals surface area contributed by atoms with Gasteiger partial charge < -0.3 is 24.8 Å². The number of aromatic nitrogens is 2. The van der Waals surface area contributed by atoms with E-state index in [2.05, 4.69) is 20.2 Å². The van der Waals surface area contributed by atoms with Gasteiger partial charge in [0.15, 0.2) is 0 Å². The van der Waals surface area contributed by atoms with Crippen LogP contribution in [0.15, 0.2) is 30.5 Å². The highest BCUT2D eigenvalue weighted by Crippen LogP contribution is 2.35. The number of morpholine rings is 1. The third kappa shape index (κ3) is 5.86. The lowest BCUT2D eigenvalue weighted by atomic mass is 9.75. The van der Waals surface area contributed by atoms with Crippen LogP contribution in [0.25, 0.3) is 0 Å². The zero-order valence-electron chi connectivity index (χ0n) is 18.9. The van der Waals surface area contributed by atoms with Crippen LogP contribution in [-0.4, -0.2) is 53.6 Å². The van der Waals surface area contributed by atoms with Crippen molar-refractivity contribution >= 4 is 17.3 Å². The third-order valence-corrected chi connectivity index (χ3v) is 6.51. The average Bonchev–Trinajstić information content (AvgIpc) is 2.80.